The van der Waals surface area contributed by atoms with Gasteiger partial charge in [0.1, 0.15) is 5.69 Å². The SMILES string of the molecule is Cc1ccc(NC(=O)c2ccnc(C(=O)Nc3c(C)cccc3C)c2)cc1Cl. The Bertz CT molecular complexity index is 1040. The molecule has 5 nitrogen and oxygen atoms in total. The molecule has 28 heavy (non-hydrogen) atoms. The molecule has 0 aliphatic carbocycles. The molecule has 0 aliphatic heterocycles. The van der Waals surface area contributed by atoms with E-state index in [4.69, 9.17) is 11.6 Å². The molecule has 142 valence electrons. The van der Waals surface area contributed by atoms with Crippen molar-refractivity contribution in [2.75, 3.05) is 10.6 Å². The highest BCUT2D eigenvalue weighted by Gasteiger charge is 2.14. The van der Waals surface area contributed by atoms with Crippen molar-refractivity contribution in [3.63, 3.8) is 0 Å². The molecule has 3 aromatic rings. The fourth-order valence-electron chi connectivity index (χ4n) is 2.76. The fraction of sp³-hybridized carbons (Fsp3) is 0.136. The average molecular weight is 394 g/mol. The first-order valence-corrected chi connectivity index (χ1v) is 9.14. The number of carbonyl (C=O) groups excluding carboxylic acids is 2. The largest absolute Gasteiger partial charge is 0.322 e. The summed E-state index contributed by atoms with van der Waals surface area (Å²) >= 11 is 6.10. The third-order valence-electron chi connectivity index (χ3n) is 4.40. The summed E-state index contributed by atoms with van der Waals surface area (Å²) in [5.74, 6) is -0.714. The molecule has 0 fully saturated rings. The van der Waals surface area contributed by atoms with Gasteiger partial charge in [-0.1, -0.05) is 35.9 Å². The van der Waals surface area contributed by atoms with Crippen molar-refractivity contribution in [2.24, 2.45) is 0 Å². The summed E-state index contributed by atoms with van der Waals surface area (Å²) in [6, 6.07) is 14.1. The standard InChI is InChI=1S/C22H20ClN3O2/c1-13-7-8-17(12-18(13)23)25-21(27)16-9-10-24-19(11-16)22(28)26-20-14(2)5-4-6-15(20)3/h4-12H,1-3H3,(H,25,27)(H,26,28). The van der Waals surface area contributed by atoms with Gasteiger partial charge < -0.3 is 10.6 Å². The Morgan fingerprint density at radius 3 is 2.25 bits per heavy atom. The molecule has 1 aromatic heterocycles. The number of nitrogens with one attached hydrogen (secondary N) is 2. The molecular formula is C22H20ClN3O2. The number of nitrogens with zero attached hydrogens (tertiary/aromatic N) is 1. The van der Waals surface area contributed by atoms with Gasteiger partial charge >= 0.3 is 0 Å². The quantitative estimate of drug-likeness (QED) is 0.642. The van der Waals surface area contributed by atoms with Crippen molar-refractivity contribution in [3.8, 4) is 0 Å². The molecular weight excluding hydrogens is 374 g/mol. The van der Waals surface area contributed by atoms with Crippen LogP contribution in [0, 0.1) is 20.8 Å². The first kappa shape index (κ1) is 19.6. The summed E-state index contributed by atoms with van der Waals surface area (Å²) in [5, 5.41) is 6.22. The highest BCUT2D eigenvalue weighted by Crippen LogP contribution is 2.22. The van der Waals surface area contributed by atoms with Crippen LogP contribution in [0.2, 0.25) is 5.02 Å². The number of benzene rings is 2. The minimum atomic E-state index is -0.370. The topological polar surface area (TPSA) is 71.1 Å². The van der Waals surface area contributed by atoms with Gasteiger partial charge in [0.25, 0.3) is 11.8 Å². The first-order chi connectivity index (χ1) is 13.3. The Morgan fingerprint density at radius 2 is 1.57 bits per heavy atom. The summed E-state index contributed by atoms with van der Waals surface area (Å²) < 4.78 is 0. The summed E-state index contributed by atoms with van der Waals surface area (Å²) in [7, 11) is 0. The molecule has 2 amide bonds. The minimum absolute atomic E-state index is 0.164. The number of pyridine rings is 1. The van der Waals surface area contributed by atoms with Gasteiger partial charge in [-0.15, -0.1) is 0 Å². The van der Waals surface area contributed by atoms with E-state index in [0.29, 0.717) is 16.3 Å². The monoisotopic (exact) mass is 393 g/mol. The molecule has 0 spiro atoms. The van der Waals surface area contributed by atoms with Crippen molar-refractivity contribution >= 4 is 34.8 Å². The lowest BCUT2D eigenvalue weighted by atomic mass is 10.1. The normalized spacial score (nSPS) is 10.4. The van der Waals surface area contributed by atoms with E-state index in [1.54, 1.807) is 18.2 Å². The molecule has 0 radical (unpaired) electrons. The number of rotatable bonds is 4. The molecule has 2 N–H and O–H groups in total. The van der Waals surface area contributed by atoms with E-state index >= 15 is 0 Å². The van der Waals surface area contributed by atoms with Crippen LogP contribution in [-0.2, 0) is 0 Å². The van der Waals surface area contributed by atoms with Crippen molar-refractivity contribution < 1.29 is 9.59 Å². The Kier molecular flexibility index (Phi) is 5.76. The molecule has 0 saturated carbocycles. The van der Waals surface area contributed by atoms with Crippen LogP contribution in [0.3, 0.4) is 0 Å². The van der Waals surface area contributed by atoms with E-state index in [9.17, 15) is 9.59 Å². The summed E-state index contributed by atoms with van der Waals surface area (Å²) in [5.41, 5.74) is 4.67. The first-order valence-electron chi connectivity index (χ1n) is 8.76. The molecule has 0 aliphatic rings. The van der Waals surface area contributed by atoms with E-state index < -0.39 is 0 Å². The molecule has 6 heteroatoms. The highest BCUT2D eigenvalue weighted by atomic mass is 35.5. The number of halogens is 1. The van der Waals surface area contributed by atoms with Crippen LogP contribution >= 0.6 is 11.6 Å². The number of hydrogen-bond acceptors (Lipinski definition) is 3. The van der Waals surface area contributed by atoms with Gasteiger partial charge in [0.15, 0.2) is 0 Å². The average Bonchev–Trinajstić information content (AvgIpc) is 2.67. The number of anilines is 2. The molecule has 1 heterocycles. The number of para-hydroxylation sites is 1. The Labute approximate surface area is 168 Å². The third kappa shape index (κ3) is 4.38. The van der Waals surface area contributed by atoms with Gasteiger partial charge in [-0.05, 0) is 61.7 Å². The van der Waals surface area contributed by atoms with E-state index in [2.05, 4.69) is 15.6 Å². The van der Waals surface area contributed by atoms with Crippen LogP contribution in [0.5, 0.6) is 0 Å². The summed E-state index contributed by atoms with van der Waals surface area (Å²) in [6.07, 6.45) is 1.44. The number of aromatic nitrogens is 1. The predicted molar refractivity (Wildman–Crippen MR) is 112 cm³/mol. The van der Waals surface area contributed by atoms with Crippen LogP contribution < -0.4 is 10.6 Å². The number of carbonyl (C=O) groups is 2. The van der Waals surface area contributed by atoms with Crippen LogP contribution in [0.4, 0.5) is 11.4 Å². The number of hydrogen-bond donors (Lipinski definition) is 2. The fourth-order valence-corrected chi connectivity index (χ4v) is 2.94. The maximum atomic E-state index is 12.6. The second kappa shape index (κ2) is 8.23. The van der Waals surface area contributed by atoms with Crippen LogP contribution in [-0.4, -0.2) is 16.8 Å². The second-order valence-corrected chi connectivity index (χ2v) is 6.98. The lowest BCUT2D eigenvalue weighted by Gasteiger charge is -2.11. The maximum Gasteiger partial charge on any atom is 0.274 e. The smallest absolute Gasteiger partial charge is 0.274 e. The van der Waals surface area contributed by atoms with E-state index in [0.717, 1.165) is 22.4 Å². The highest BCUT2D eigenvalue weighted by molar-refractivity contribution is 6.31. The van der Waals surface area contributed by atoms with Crippen LogP contribution in [0.1, 0.15) is 37.5 Å². The Balaban J connectivity index is 1.78. The molecule has 2 aromatic carbocycles. The van der Waals surface area contributed by atoms with Crippen molar-refractivity contribution in [1.82, 2.24) is 4.98 Å². The summed E-state index contributed by atoms with van der Waals surface area (Å²) in [4.78, 5) is 29.2. The van der Waals surface area contributed by atoms with Crippen LogP contribution in [0.15, 0.2) is 54.7 Å². The van der Waals surface area contributed by atoms with Crippen molar-refractivity contribution in [1.29, 1.82) is 0 Å². The maximum absolute atomic E-state index is 12.6. The van der Waals surface area contributed by atoms with Crippen molar-refractivity contribution in [2.45, 2.75) is 20.8 Å². The zero-order valence-electron chi connectivity index (χ0n) is 15.8. The number of aryl methyl sites for hydroxylation is 3. The zero-order valence-corrected chi connectivity index (χ0v) is 16.6. The predicted octanol–water partition coefficient (Wildman–Crippen LogP) is 5.16. The summed E-state index contributed by atoms with van der Waals surface area (Å²) in [6.45, 7) is 5.73. The van der Waals surface area contributed by atoms with Crippen LogP contribution in [0.25, 0.3) is 0 Å². The lowest BCUT2D eigenvalue weighted by Crippen LogP contribution is -2.18. The Hall–Kier alpha value is -3.18. The van der Waals surface area contributed by atoms with Gasteiger partial charge in [-0.2, -0.15) is 0 Å². The van der Waals surface area contributed by atoms with Crippen molar-refractivity contribution in [3.05, 3.63) is 87.7 Å². The van der Waals surface area contributed by atoms with Gasteiger partial charge in [-0.3, -0.25) is 14.6 Å². The minimum Gasteiger partial charge on any atom is -0.322 e. The van der Waals surface area contributed by atoms with Gasteiger partial charge in [-0.25, -0.2) is 0 Å². The second-order valence-electron chi connectivity index (χ2n) is 6.57. The number of amides is 2. The molecule has 0 unspecified atom stereocenters. The van der Waals surface area contributed by atoms with Gasteiger partial charge in [0, 0.05) is 28.2 Å². The van der Waals surface area contributed by atoms with Gasteiger partial charge in [0.05, 0.1) is 0 Å². The molecule has 0 saturated heterocycles. The zero-order chi connectivity index (χ0) is 20.3. The molecule has 0 bridgehead atoms. The Morgan fingerprint density at radius 1 is 0.857 bits per heavy atom. The van der Waals surface area contributed by atoms with Gasteiger partial charge in [0.2, 0.25) is 0 Å². The molecule has 3 rings (SSSR count). The van der Waals surface area contributed by atoms with E-state index in [-0.39, 0.29) is 17.5 Å². The third-order valence-corrected chi connectivity index (χ3v) is 4.81. The van der Waals surface area contributed by atoms with E-state index in [1.165, 1.54) is 12.3 Å². The van der Waals surface area contributed by atoms with E-state index in [1.807, 2.05) is 45.0 Å². The lowest BCUT2D eigenvalue weighted by molar-refractivity contribution is 0.102. The molecule has 0 atom stereocenters.